The highest BCUT2D eigenvalue weighted by molar-refractivity contribution is 5.90. The van der Waals surface area contributed by atoms with Gasteiger partial charge in [-0.25, -0.2) is 9.80 Å². The van der Waals surface area contributed by atoms with Crippen LogP contribution in [0.1, 0.15) is 0 Å². The number of amides is 2. The highest BCUT2D eigenvalue weighted by Crippen LogP contribution is 2.22. The van der Waals surface area contributed by atoms with Gasteiger partial charge in [0.1, 0.15) is 5.75 Å². The molecule has 15 heavy (non-hydrogen) atoms. The number of hydrazine groups is 1. The third kappa shape index (κ3) is 3.47. The van der Waals surface area contributed by atoms with Crippen molar-refractivity contribution in [1.29, 1.82) is 0 Å². The van der Waals surface area contributed by atoms with Gasteiger partial charge in [0, 0.05) is 14.1 Å². The van der Waals surface area contributed by atoms with Crippen molar-refractivity contribution in [2.45, 2.75) is 0 Å². The van der Waals surface area contributed by atoms with Crippen molar-refractivity contribution in [3.8, 4) is 5.75 Å². The third-order valence-electron chi connectivity index (χ3n) is 1.68. The van der Waals surface area contributed by atoms with Crippen LogP contribution in [0.4, 0.5) is 10.5 Å². The van der Waals surface area contributed by atoms with E-state index in [-0.39, 0.29) is 6.03 Å². The smallest absolute Gasteiger partial charge is 0.333 e. The molecule has 5 nitrogen and oxygen atoms in total. The SMILES string of the molecule is COc1ccccc1NC(=O)NN(C)C. The second kappa shape index (κ2) is 5.21. The fourth-order valence-electron chi connectivity index (χ4n) is 1.10. The summed E-state index contributed by atoms with van der Waals surface area (Å²) in [5.41, 5.74) is 3.21. The Morgan fingerprint density at radius 1 is 1.33 bits per heavy atom. The van der Waals surface area contributed by atoms with E-state index < -0.39 is 0 Å². The molecule has 0 heterocycles. The summed E-state index contributed by atoms with van der Waals surface area (Å²) in [5.74, 6) is 0.631. The molecule has 0 fully saturated rings. The summed E-state index contributed by atoms with van der Waals surface area (Å²) < 4.78 is 5.10. The van der Waals surface area contributed by atoms with Crippen LogP contribution in [0, 0.1) is 0 Å². The Hall–Kier alpha value is -1.75. The van der Waals surface area contributed by atoms with Crippen LogP contribution in [-0.4, -0.2) is 32.2 Å². The molecule has 0 aromatic heterocycles. The monoisotopic (exact) mass is 209 g/mol. The van der Waals surface area contributed by atoms with Crippen LogP contribution < -0.4 is 15.5 Å². The summed E-state index contributed by atoms with van der Waals surface area (Å²) in [7, 11) is 5.04. The first-order chi connectivity index (χ1) is 7.13. The molecule has 1 aromatic rings. The first-order valence-corrected chi connectivity index (χ1v) is 4.51. The molecule has 0 unspecified atom stereocenters. The van der Waals surface area contributed by atoms with Gasteiger partial charge in [0.05, 0.1) is 12.8 Å². The van der Waals surface area contributed by atoms with Crippen LogP contribution in [0.3, 0.4) is 0 Å². The van der Waals surface area contributed by atoms with E-state index in [2.05, 4.69) is 10.7 Å². The molecule has 0 spiro atoms. The maximum absolute atomic E-state index is 11.4. The molecule has 1 aromatic carbocycles. The molecule has 5 heteroatoms. The van der Waals surface area contributed by atoms with Crippen LogP contribution in [0.25, 0.3) is 0 Å². The van der Waals surface area contributed by atoms with Crippen molar-refractivity contribution in [3.05, 3.63) is 24.3 Å². The minimum atomic E-state index is -0.301. The highest BCUT2D eigenvalue weighted by Gasteiger charge is 2.05. The molecule has 2 amide bonds. The number of carbonyl (C=O) groups excluding carboxylic acids is 1. The Kier molecular flexibility index (Phi) is 3.93. The van der Waals surface area contributed by atoms with Gasteiger partial charge in [-0.1, -0.05) is 12.1 Å². The topological polar surface area (TPSA) is 53.6 Å². The van der Waals surface area contributed by atoms with Gasteiger partial charge in [0.2, 0.25) is 0 Å². The average Bonchev–Trinajstić information content (AvgIpc) is 2.17. The highest BCUT2D eigenvalue weighted by atomic mass is 16.5. The van der Waals surface area contributed by atoms with E-state index in [1.54, 1.807) is 38.3 Å². The van der Waals surface area contributed by atoms with Gasteiger partial charge in [-0.3, -0.25) is 5.43 Å². The van der Waals surface area contributed by atoms with Crippen molar-refractivity contribution in [3.63, 3.8) is 0 Å². The van der Waals surface area contributed by atoms with Gasteiger partial charge in [0.15, 0.2) is 0 Å². The molecule has 0 bridgehead atoms. The van der Waals surface area contributed by atoms with E-state index in [9.17, 15) is 4.79 Å². The molecule has 0 atom stereocenters. The zero-order valence-electron chi connectivity index (χ0n) is 9.07. The molecule has 2 N–H and O–H groups in total. The molecule has 0 radical (unpaired) electrons. The number of anilines is 1. The van der Waals surface area contributed by atoms with Gasteiger partial charge in [-0.2, -0.15) is 0 Å². The molecule has 0 saturated heterocycles. The standard InChI is InChI=1S/C10H15N3O2/c1-13(2)12-10(14)11-8-6-4-5-7-9(8)15-3/h4-7H,1-3H3,(H2,11,12,14). The molecule has 0 aliphatic carbocycles. The first-order valence-electron chi connectivity index (χ1n) is 4.51. The molecule has 82 valence electrons. The fraction of sp³-hybridized carbons (Fsp3) is 0.300. The molecular formula is C10H15N3O2. The van der Waals surface area contributed by atoms with Gasteiger partial charge in [-0.15, -0.1) is 0 Å². The van der Waals surface area contributed by atoms with E-state index in [1.165, 1.54) is 0 Å². The minimum absolute atomic E-state index is 0.301. The number of benzene rings is 1. The number of rotatable bonds is 3. The van der Waals surface area contributed by atoms with E-state index >= 15 is 0 Å². The Labute approximate surface area is 89.0 Å². The van der Waals surface area contributed by atoms with Gasteiger partial charge in [-0.05, 0) is 12.1 Å². The number of urea groups is 1. The zero-order chi connectivity index (χ0) is 11.3. The third-order valence-corrected chi connectivity index (χ3v) is 1.68. The number of hydrogen-bond acceptors (Lipinski definition) is 3. The maximum Gasteiger partial charge on any atom is 0.333 e. The lowest BCUT2D eigenvalue weighted by Crippen LogP contribution is -2.39. The van der Waals surface area contributed by atoms with Crippen LogP contribution in [0.15, 0.2) is 24.3 Å². The number of methoxy groups -OCH3 is 1. The van der Waals surface area contributed by atoms with E-state index in [1.807, 2.05) is 12.1 Å². The van der Waals surface area contributed by atoms with E-state index in [0.717, 1.165) is 0 Å². The summed E-state index contributed by atoms with van der Waals surface area (Å²) in [6, 6.07) is 6.92. The molecule has 0 aliphatic rings. The number of nitrogens with one attached hydrogen (secondary N) is 2. The summed E-state index contributed by atoms with van der Waals surface area (Å²) in [5, 5.41) is 4.24. The Bertz CT molecular complexity index is 339. The van der Waals surface area contributed by atoms with Crippen LogP contribution >= 0.6 is 0 Å². The van der Waals surface area contributed by atoms with Crippen molar-refractivity contribution < 1.29 is 9.53 Å². The number of nitrogens with zero attached hydrogens (tertiary/aromatic N) is 1. The van der Waals surface area contributed by atoms with Crippen molar-refractivity contribution in [2.75, 3.05) is 26.5 Å². The quantitative estimate of drug-likeness (QED) is 0.738. The molecule has 0 aliphatic heterocycles. The predicted octanol–water partition coefficient (Wildman–Crippen LogP) is 1.29. The maximum atomic E-state index is 11.4. The van der Waals surface area contributed by atoms with Gasteiger partial charge < -0.3 is 10.1 Å². The predicted molar refractivity (Wildman–Crippen MR) is 58.8 cm³/mol. The largest absolute Gasteiger partial charge is 0.495 e. The number of para-hydroxylation sites is 2. The Morgan fingerprint density at radius 2 is 2.00 bits per heavy atom. The van der Waals surface area contributed by atoms with Crippen LogP contribution in [0.2, 0.25) is 0 Å². The summed E-state index contributed by atoms with van der Waals surface area (Å²) in [4.78, 5) is 11.4. The van der Waals surface area contributed by atoms with Crippen LogP contribution in [-0.2, 0) is 0 Å². The minimum Gasteiger partial charge on any atom is -0.495 e. The molecule has 0 saturated carbocycles. The van der Waals surface area contributed by atoms with Crippen molar-refractivity contribution in [2.24, 2.45) is 0 Å². The zero-order valence-corrected chi connectivity index (χ0v) is 9.07. The average molecular weight is 209 g/mol. The summed E-state index contributed by atoms with van der Waals surface area (Å²) >= 11 is 0. The van der Waals surface area contributed by atoms with E-state index in [0.29, 0.717) is 11.4 Å². The Morgan fingerprint density at radius 3 is 2.60 bits per heavy atom. The molecular weight excluding hydrogens is 194 g/mol. The van der Waals surface area contributed by atoms with Crippen molar-refractivity contribution >= 4 is 11.7 Å². The lowest BCUT2D eigenvalue weighted by atomic mass is 10.3. The number of ether oxygens (including phenoxy) is 1. The fourth-order valence-corrected chi connectivity index (χ4v) is 1.10. The second-order valence-corrected chi connectivity index (χ2v) is 3.16. The van der Waals surface area contributed by atoms with Crippen molar-refractivity contribution in [1.82, 2.24) is 10.4 Å². The number of hydrogen-bond donors (Lipinski definition) is 2. The van der Waals surface area contributed by atoms with Crippen LogP contribution in [0.5, 0.6) is 5.75 Å². The van der Waals surface area contributed by atoms with Gasteiger partial charge in [0.25, 0.3) is 0 Å². The Balaban J connectivity index is 2.67. The van der Waals surface area contributed by atoms with Gasteiger partial charge >= 0.3 is 6.03 Å². The van der Waals surface area contributed by atoms with E-state index in [4.69, 9.17) is 4.74 Å². The normalized spacial score (nSPS) is 9.87. The second-order valence-electron chi connectivity index (χ2n) is 3.16. The lowest BCUT2D eigenvalue weighted by Gasteiger charge is -2.14. The summed E-state index contributed by atoms with van der Waals surface area (Å²) in [6.45, 7) is 0. The molecule has 1 rings (SSSR count). The summed E-state index contributed by atoms with van der Waals surface area (Å²) in [6.07, 6.45) is 0. The first kappa shape index (κ1) is 11.3. The lowest BCUT2D eigenvalue weighted by molar-refractivity contribution is 0.224. The number of carbonyl (C=O) groups is 1.